The summed E-state index contributed by atoms with van der Waals surface area (Å²) in [7, 11) is -3.59. The molecule has 1 aliphatic heterocycles. The monoisotopic (exact) mass is 360 g/mol. The molecule has 0 N–H and O–H groups in total. The summed E-state index contributed by atoms with van der Waals surface area (Å²) in [5.74, 6) is 0.869. The Morgan fingerprint density at radius 2 is 1.62 bits per heavy atom. The molecular weight excluding hydrogens is 344 g/mol. The maximum atomic E-state index is 13.3. The summed E-state index contributed by atoms with van der Waals surface area (Å²) < 4.78 is 28.6. The van der Waals surface area contributed by atoms with Crippen LogP contribution in [0.4, 0.5) is 0 Å². The van der Waals surface area contributed by atoms with Gasteiger partial charge in [-0.05, 0) is 35.4 Å². The Kier molecular flexibility index (Phi) is 3.12. The molecule has 0 amide bonds. The van der Waals surface area contributed by atoms with Gasteiger partial charge in [0.1, 0.15) is 5.82 Å². The van der Waals surface area contributed by atoms with Crippen molar-refractivity contribution in [3.05, 3.63) is 72.6 Å². The van der Waals surface area contributed by atoms with Gasteiger partial charge in [-0.15, -0.1) is 0 Å². The molecule has 0 unspecified atom stereocenters. The molecule has 0 fully saturated rings. The van der Waals surface area contributed by atoms with Crippen molar-refractivity contribution in [2.24, 2.45) is 0 Å². The van der Waals surface area contributed by atoms with E-state index in [4.69, 9.17) is 4.98 Å². The van der Waals surface area contributed by atoms with Crippen molar-refractivity contribution in [2.45, 2.75) is 23.1 Å². The van der Waals surface area contributed by atoms with Crippen molar-refractivity contribution in [1.29, 1.82) is 0 Å². The van der Waals surface area contributed by atoms with Crippen LogP contribution in [-0.2, 0) is 16.3 Å². The van der Waals surface area contributed by atoms with Gasteiger partial charge in [0.2, 0.25) is 9.84 Å². The molecule has 0 spiro atoms. The Labute approximate surface area is 151 Å². The molecule has 3 aromatic carbocycles. The Hall–Kier alpha value is -2.92. The van der Waals surface area contributed by atoms with Gasteiger partial charge in [-0.1, -0.05) is 49.4 Å². The SMILES string of the molecule is CCc1nc2cc(-c3ccccc3)cc3c2n1-c1ccccc1S3(=O)=O. The molecule has 5 heteroatoms. The van der Waals surface area contributed by atoms with E-state index in [0.717, 1.165) is 28.9 Å². The van der Waals surface area contributed by atoms with Gasteiger partial charge in [0.25, 0.3) is 0 Å². The van der Waals surface area contributed by atoms with Crippen LogP contribution >= 0.6 is 0 Å². The summed E-state index contributed by atoms with van der Waals surface area (Å²) in [5.41, 5.74) is 3.93. The number of fused-ring (bicyclic) bond motifs is 2. The van der Waals surface area contributed by atoms with Gasteiger partial charge in [0.15, 0.2) is 0 Å². The van der Waals surface area contributed by atoms with Gasteiger partial charge in [0, 0.05) is 6.42 Å². The molecule has 0 saturated carbocycles. The third-order valence-corrected chi connectivity index (χ3v) is 6.71. The number of hydrogen-bond donors (Lipinski definition) is 0. The van der Waals surface area contributed by atoms with Crippen LogP contribution in [-0.4, -0.2) is 18.0 Å². The largest absolute Gasteiger partial charge is 0.294 e. The second-order valence-corrected chi connectivity index (χ2v) is 8.28. The molecule has 1 aromatic heterocycles. The predicted molar refractivity (Wildman–Crippen MR) is 101 cm³/mol. The molecule has 0 atom stereocenters. The first kappa shape index (κ1) is 15.3. The molecule has 5 rings (SSSR count). The normalized spacial score (nSPS) is 14.3. The number of para-hydroxylation sites is 1. The first-order valence-corrected chi connectivity index (χ1v) is 10.0. The van der Waals surface area contributed by atoms with Gasteiger partial charge in [-0.2, -0.15) is 0 Å². The molecular formula is C21H16N2O2S. The molecule has 0 saturated heterocycles. The number of benzene rings is 3. The fourth-order valence-corrected chi connectivity index (χ4v) is 5.37. The van der Waals surface area contributed by atoms with Gasteiger partial charge < -0.3 is 0 Å². The number of nitrogens with zero attached hydrogens (tertiary/aromatic N) is 2. The fraction of sp³-hybridized carbons (Fsp3) is 0.0952. The van der Waals surface area contributed by atoms with Crippen molar-refractivity contribution in [3.8, 4) is 16.8 Å². The molecule has 26 heavy (non-hydrogen) atoms. The Bertz CT molecular complexity index is 1270. The second kappa shape index (κ2) is 5.29. The average Bonchev–Trinajstić information content (AvgIpc) is 3.05. The zero-order valence-electron chi connectivity index (χ0n) is 14.2. The van der Waals surface area contributed by atoms with Crippen LogP contribution in [0, 0.1) is 0 Å². The average molecular weight is 360 g/mol. The minimum atomic E-state index is -3.59. The van der Waals surface area contributed by atoms with Crippen LogP contribution < -0.4 is 0 Å². The Balaban J connectivity index is 1.96. The standard InChI is InChI=1S/C21H16N2O2S/c1-2-20-22-16-12-15(14-8-4-3-5-9-14)13-19-21(16)23(20)17-10-6-7-11-18(17)26(19,24)25/h3-13H,2H2,1H3. The first-order chi connectivity index (χ1) is 12.6. The number of hydrogen-bond acceptors (Lipinski definition) is 3. The van der Waals surface area contributed by atoms with E-state index >= 15 is 0 Å². The van der Waals surface area contributed by atoms with E-state index in [0.29, 0.717) is 21.0 Å². The first-order valence-electron chi connectivity index (χ1n) is 8.56. The summed E-state index contributed by atoms with van der Waals surface area (Å²) >= 11 is 0. The highest BCUT2D eigenvalue weighted by atomic mass is 32.2. The molecule has 0 radical (unpaired) electrons. The third kappa shape index (κ3) is 1.95. The zero-order chi connectivity index (χ0) is 17.9. The number of aryl methyl sites for hydroxylation is 1. The minimum Gasteiger partial charge on any atom is -0.294 e. The summed E-state index contributed by atoms with van der Waals surface area (Å²) in [5, 5.41) is 0. The summed E-state index contributed by atoms with van der Waals surface area (Å²) in [4.78, 5) is 5.42. The van der Waals surface area contributed by atoms with Crippen LogP contribution in [0.15, 0.2) is 76.5 Å². The molecule has 4 aromatic rings. The van der Waals surface area contributed by atoms with Crippen molar-refractivity contribution in [2.75, 3.05) is 0 Å². The van der Waals surface area contributed by atoms with Crippen LogP contribution in [0.5, 0.6) is 0 Å². The van der Waals surface area contributed by atoms with Gasteiger partial charge in [-0.25, -0.2) is 13.4 Å². The van der Waals surface area contributed by atoms with Crippen molar-refractivity contribution < 1.29 is 8.42 Å². The maximum Gasteiger partial charge on any atom is 0.210 e. The highest BCUT2D eigenvalue weighted by Crippen LogP contribution is 2.41. The maximum absolute atomic E-state index is 13.3. The second-order valence-electron chi connectivity index (χ2n) is 6.40. The lowest BCUT2D eigenvalue weighted by atomic mass is 10.1. The van der Waals surface area contributed by atoms with Crippen LogP contribution in [0.3, 0.4) is 0 Å². The summed E-state index contributed by atoms with van der Waals surface area (Å²) in [6.45, 7) is 2.04. The lowest BCUT2D eigenvalue weighted by Crippen LogP contribution is -2.15. The lowest BCUT2D eigenvalue weighted by molar-refractivity contribution is 0.594. The van der Waals surface area contributed by atoms with Gasteiger partial charge in [-0.3, -0.25) is 4.57 Å². The van der Waals surface area contributed by atoms with Crippen molar-refractivity contribution in [1.82, 2.24) is 9.55 Å². The number of aromatic nitrogens is 2. The van der Waals surface area contributed by atoms with Crippen LogP contribution in [0.2, 0.25) is 0 Å². The molecule has 4 nitrogen and oxygen atoms in total. The van der Waals surface area contributed by atoms with Crippen LogP contribution in [0.25, 0.3) is 27.8 Å². The highest BCUT2D eigenvalue weighted by molar-refractivity contribution is 7.92. The third-order valence-electron chi connectivity index (χ3n) is 4.89. The Morgan fingerprint density at radius 3 is 2.38 bits per heavy atom. The smallest absolute Gasteiger partial charge is 0.210 e. The summed E-state index contributed by atoms with van der Waals surface area (Å²) in [6, 6.07) is 20.7. The minimum absolute atomic E-state index is 0.333. The highest BCUT2D eigenvalue weighted by Gasteiger charge is 2.33. The number of rotatable bonds is 2. The van der Waals surface area contributed by atoms with Crippen molar-refractivity contribution >= 4 is 20.9 Å². The molecule has 1 aliphatic rings. The van der Waals surface area contributed by atoms with E-state index < -0.39 is 9.84 Å². The van der Waals surface area contributed by atoms with Crippen LogP contribution in [0.1, 0.15) is 12.7 Å². The lowest BCUT2D eigenvalue weighted by Gasteiger charge is -2.21. The van der Waals surface area contributed by atoms with E-state index in [9.17, 15) is 8.42 Å². The van der Waals surface area contributed by atoms with Gasteiger partial charge in [0.05, 0.1) is 26.5 Å². The number of imidazole rings is 1. The number of sulfone groups is 1. The quantitative estimate of drug-likeness (QED) is 0.469. The van der Waals surface area contributed by atoms with Crippen molar-refractivity contribution in [3.63, 3.8) is 0 Å². The topological polar surface area (TPSA) is 52.0 Å². The summed E-state index contributed by atoms with van der Waals surface area (Å²) in [6.07, 6.45) is 0.725. The zero-order valence-corrected chi connectivity index (χ0v) is 15.0. The van der Waals surface area contributed by atoms with E-state index in [1.54, 1.807) is 18.2 Å². The molecule has 0 aliphatic carbocycles. The van der Waals surface area contributed by atoms with Gasteiger partial charge >= 0.3 is 0 Å². The van der Waals surface area contributed by atoms with E-state index in [1.807, 2.05) is 60.0 Å². The Morgan fingerprint density at radius 1 is 0.885 bits per heavy atom. The molecule has 0 bridgehead atoms. The van der Waals surface area contributed by atoms with E-state index in [2.05, 4.69) is 0 Å². The molecule has 2 heterocycles. The van der Waals surface area contributed by atoms with E-state index in [1.165, 1.54) is 0 Å². The molecule has 128 valence electrons. The van der Waals surface area contributed by atoms with E-state index in [-0.39, 0.29) is 0 Å². The predicted octanol–water partition coefficient (Wildman–Crippen LogP) is 4.40. The fourth-order valence-electron chi connectivity index (χ4n) is 3.71.